The average molecular weight is 216 g/mol. The van der Waals surface area contributed by atoms with Crippen LogP contribution >= 0.6 is 0 Å². The van der Waals surface area contributed by atoms with Crippen molar-refractivity contribution >= 4 is 0 Å². The van der Waals surface area contributed by atoms with Crippen LogP contribution < -0.4 is 0 Å². The largest absolute Gasteiger partial charge is 0.300 e. The van der Waals surface area contributed by atoms with Gasteiger partial charge in [-0.3, -0.25) is 4.98 Å². The molecule has 1 aromatic heterocycles. The lowest BCUT2D eigenvalue weighted by atomic mass is 9.81. The quantitative estimate of drug-likeness (QED) is 0.771. The van der Waals surface area contributed by atoms with Crippen LogP contribution in [-0.2, 0) is 6.42 Å². The monoisotopic (exact) mass is 216 g/mol. The summed E-state index contributed by atoms with van der Waals surface area (Å²) in [6, 6.07) is 5.10. The van der Waals surface area contributed by atoms with Gasteiger partial charge in [-0.05, 0) is 62.7 Å². The molecule has 2 nitrogen and oxygen atoms in total. The van der Waals surface area contributed by atoms with Crippen molar-refractivity contribution in [1.82, 2.24) is 9.88 Å². The predicted octanol–water partition coefficient (Wildman–Crippen LogP) is 2.50. The van der Waals surface area contributed by atoms with Gasteiger partial charge in [0.15, 0.2) is 0 Å². The van der Waals surface area contributed by atoms with Crippen molar-refractivity contribution in [3.8, 4) is 0 Å². The first kappa shape index (κ1) is 10.3. The Kier molecular flexibility index (Phi) is 2.92. The molecule has 86 valence electrons. The Balaban J connectivity index is 1.56. The van der Waals surface area contributed by atoms with Gasteiger partial charge in [0.1, 0.15) is 0 Å². The van der Waals surface area contributed by atoms with Gasteiger partial charge in [-0.25, -0.2) is 0 Å². The van der Waals surface area contributed by atoms with E-state index >= 15 is 0 Å². The van der Waals surface area contributed by atoms with Gasteiger partial charge in [-0.2, -0.15) is 0 Å². The van der Waals surface area contributed by atoms with Gasteiger partial charge in [0, 0.05) is 18.4 Å². The summed E-state index contributed by atoms with van der Waals surface area (Å²) in [5, 5.41) is 0. The highest BCUT2D eigenvalue weighted by Crippen LogP contribution is 2.33. The van der Waals surface area contributed by atoms with Crippen LogP contribution in [0.3, 0.4) is 0 Å². The normalized spacial score (nSPS) is 32.9. The summed E-state index contributed by atoms with van der Waals surface area (Å²) < 4.78 is 0. The molecule has 0 radical (unpaired) electrons. The van der Waals surface area contributed by atoms with Crippen molar-refractivity contribution in [2.45, 2.75) is 38.1 Å². The van der Waals surface area contributed by atoms with Crippen molar-refractivity contribution in [3.05, 3.63) is 30.1 Å². The molecule has 1 unspecified atom stereocenters. The Morgan fingerprint density at radius 3 is 2.81 bits per heavy atom. The highest BCUT2D eigenvalue weighted by molar-refractivity contribution is 5.09. The maximum Gasteiger partial charge on any atom is 0.0299 e. The molecule has 16 heavy (non-hydrogen) atoms. The number of hydrogen-bond donors (Lipinski definition) is 0. The third-order valence-corrected chi connectivity index (χ3v) is 4.26. The number of fused-ring (bicyclic) bond motifs is 3. The highest BCUT2D eigenvalue weighted by atomic mass is 15.2. The van der Waals surface area contributed by atoms with Gasteiger partial charge < -0.3 is 4.90 Å². The van der Waals surface area contributed by atoms with Crippen molar-refractivity contribution in [1.29, 1.82) is 0 Å². The van der Waals surface area contributed by atoms with Crippen LogP contribution in [0.15, 0.2) is 24.5 Å². The number of pyridine rings is 1. The van der Waals surface area contributed by atoms with E-state index in [1.54, 1.807) is 0 Å². The molecule has 4 rings (SSSR count). The van der Waals surface area contributed by atoms with Crippen molar-refractivity contribution in [2.24, 2.45) is 5.92 Å². The van der Waals surface area contributed by atoms with Crippen LogP contribution in [0.25, 0.3) is 0 Å². The Morgan fingerprint density at radius 2 is 2.19 bits per heavy atom. The van der Waals surface area contributed by atoms with Crippen LogP contribution in [0.1, 0.15) is 31.2 Å². The molecule has 0 aromatic carbocycles. The van der Waals surface area contributed by atoms with Gasteiger partial charge in [0.2, 0.25) is 0 Å². The fourth-order valence-electron chi connectivity index (χ4n) is 3.27. The van der Waals surface area contributed by atoms with E-state index in [4.69, 9.17) is 0 Å². The molecule has 4 heterocycles. The second kappa shape index (κ2) is 4.54. The molecular formula is C14H20N2. The number of hydrogen-bond acceptors (Lipinski definition) is 2. The van der Waals surface area contributed by atoms with E-state index in [0.717, 1.165) is 12.0 Å². The van der Waals surface area contributed by atoms with Gasteiger partial charge in [-0.1, -0.05) is 6.07 Å². The Morgan fingerprint density at radius 1 is 1.31 bits per heavy atom. The topological polar surface area (TPSA) is 16.1 Å². The minimum Gasteiger partial charge on any atom is -0.300 e. The smallest absolute Gasteiger partial charge is 0.0299 e. The Hall–Kier alpha value is -0.890. The lowest BCUT2D eigenvalue weighted by molar-refractivity contribution is 0.0453. The van der Waals surface area contributed by atoms with Gasteiger partial charge in [0.05, 0.1) is 0 Å². The first-order valence-corrected chi connectivity index (χ1v) is 6.55. The first-order valence-electron chi connectivity index (χ1n) is 6.55. The van der Waals surface area contributed by atoms with E-state index < -0.39 is 0 Å². The minimum atomic E-state index is 0.854. The summed E-state index contributed by atoms with van der Waals surface area (Å²) in [4.78, 5) is 6.89. The standard InChI is InChI=1S/C14H20N2/c1-2-13(11-15-7-1)3-4-14-10-12-5-8-16(14)9-6-12/h1-2,7,11-12,14H,3-6,8-10H2. The fraction of sp³-hybridized carbons (Fsp3) is 0.643. The molecule has 0 amide bonds. The van der Waals surface area contributed by atoms with Crippen LogP contribution in [0.2, 0.25) is 0 Å². The zero-order valence-electron chi connectivity index (χ0n) is 9.81. The van der Waals surface area contributed by atoms with E-state index in [2.05, 4.69) is 16.0 Å². The van der Waals surface area contributed by atoms with Crippen LogP contribution in [-0.4, -0.2) is 29.0 Å². The van der Waals surface area contributed by atoms with E-state index in [-0.39, 0.29) is 0 Å². The molecule has 0 aliphatic carbocycles. The van der Waals surface area contributed by atoms with Crippen molar-refractivity contribution in [3.63, 3.8) is 0 Å². The van der Waals surface area contributed by atoms with Gasteiger partial charge >= 0.3 is 0 Å². The summed E-state index contributed by atoms with van der Waals surface area (Å²) in [6.45, 7) is 2.70. The zero-order chi connectivity index (χ0) is 10.8. The third kappa shape index (κ3) is 2.12. The molecule has 3 aliphatic heterocycles. The van der Waals surface area contributed by atoms with Gasteiger partial charge in [0.25, 0.3) is 0 Å². The molecule has 0 N–H and O–H groups in total. The van der Waals surface area contributed by atoms with Crippen LogP contribution in [0.4, 0.5) is 0 Å². The van der Waals surface area contributed by atoms with Crippen LogP contribution in [0.5, 0.6) is 0 Å². The summed E-state index contributed by atoms with van der Waals surface area (Å²) in [5.41, 5.74) is 1.39. The van der Waals surface area contributed by atoms with Gasteiger partial charge in [-0.15, -0.1) is 0 Å². The minimum absolute atomic E-state index is 0.854. The Bertz CT molecular complexity index is 328. The number of piperidine rings is 3. The number of aromatic nitrogens is 1. The Labute approximate surface area is 97.7 Å². The highest BCUT2D eigenvalue weighted by Gasteiger charge is 2.32. The summed E-state index contributed by atoms with van der Waals surface area (Å²) in [5.74, 6) is 1.03. The molecule has 2 bridgehead atoms. The second-order valence-corrected chi connectivity index (χ2v) is 5.27. The molecule has 1 atom stereocenters. The molecule has 0 saturated carbocycles. The van der Waals surface area contributed by atoms with Crippen molar-refractivity contribution < 1.29 is 0 Å². The predicted molar refractivity (Wildman–Crippen MR) is 65.3 cm³/mol. The average Bonchev–Trinajstić information content (AvgIpc) is 2.39. The molecular weight excluding hydrogens is 196 g/mol. The fourth-order valence-corrected chi connectivity index (χ4v) is 3.27. The second-order valence-electron chi connectivity index (χ2n) is 5.27. The lowest BCUT2D eigenvalue weighted by Gasteiger charge is -2.45. The SMILES string of the molecule is c1cncc(CCC2CC3CCN2CC3)c1. The number of aryl methyl sites for hydroxylation is 1. The molecule has 2 heteroatoms. The van der Waals surface area contributed by atoms with E-state index in [1.165, 1.54) is 50.8 Å². The van der Waals surface area contributed by atoms with Crippen molar-refractivity contribution in [2.75, 3.05) is 13.1 Å². The van der Waals surface area contributed by atoms with E-state index in [9.17, 15) is 0 Å². The summed E-state index contributed by atoms with van der Waals surface area (Å²) in [7, 11) is 0. The maximum atomic E-state index is 4.18. The van der Waals surface area contributed by atoms with E-state index in [1.807, 2.05) is 18.5 Å². The number of rotatable bonds is 3. The molecule has 0 spiro atoms. The molecule has 1 aromatic rings. The maximum absolute atomic E-state index is 4.18. The zero-order valence-corrected chi connectivity index (χ0v) is 9.81. The summed E-state index contributed by atoms with van der Waals surface area (Å²) in [6.07, 6.45) is 10.7. The van der Waals surface area contributed by atoms with Crippen LogP contribution in [0, 0.1) is 5.92 Å². The lowest BCUT2D eigenvalue weighted by Crippen LogP contribution is -2.48. The molecule has 3 fully saturated rings. The molecule has 3 aliphatic rings. The first-order chi connectivity index (χ1) is 7.92. The molecule has 3 saturated heterocycles. The third-order valence-electron chi connectivity index (χ3n) is 4.26. The summed E-state index contributed by atoms with van der Waals surface area (Å²) >= 11 is 0. The van der Waals surface area contributed by atoms with E-state index in [0.29, 0.717) is 0 Å². The number of nitrogens with zero attached hydrogens (tertiary/aromatic N) is 2.